The van der Waals surface area contributed by atoms with Gasteiger partial charge < -0.3 is 15.5 Å². The third kappa shape index (κ3) is 4.01. The van der Waals surface area contributed by atoms with E-state index in [0.717, 1.165) is 9.26 Å². The van der Waals surface area contributed by atoms with Crippen molar-refractivity contribution >= 4 is 39.9 Å². The summed E-state index contributed by atoms with van der Waals surface area (Å²) in [6.07, 6.45) is 0. The Kier molecular flexibility index (Phi) is 4.88. The van der Waals surface area contributed by atoms with Crippen molar-refractivity contribution in [2.45, 2.75) is 6.61 Å². The molecule has 1 aromatic carbocycles. The van der Waals surface area contributed by atoms with Crippen LogP contribution in [0.4, 0.5) is 17.3 Å². The highest BCUT2D eigenvalue weighted by Crippen LogP contribution is 2.19. The van der Waals surface area contributed by atoms with E-state index in [1.807, 2.05) is 24.3 Å². The highest BCUT2D eigenvalue weighted by Gasteiger charge is 2.04. The molecule has 0 spiro atoms. The molecule has 0 saturated carbocycles. The second-order valence-corrected chi connectivity index (χ2v) is 5.01. The number of nitrogens with two attached hydrogens (primary N) is 1. The number of aromatic nitrogens is 2. The molecule has 6 nitrogen and oxygen atoms in total. The van der Waals surface area contributed by atoms with Gasteiger partial charge in [0, 0.05) is 22.4 Å². The van der Waals surface area contributed by atoms with Crippen LogP contribution >= 0.6 is 22.6 Å². The topological polar surface area (TPSA) is 85.1 Å². The fraction of sp³-hybridized carbons (Fsp3) is 0.167. The standard InChI is InChI=1S/C12H14IN5O/c1-19-7-12-16-10(6-11(17-12)18-14)15-9-4-2-3-8(13)5-9/h2-6H,7,14H2,1H3,(H2,15,16,17,18). The van der Waals surface area contributed by atoms with Crippen molar-refractivity contribution in [3.8, 4) is 0 Å². The summed E-state index contributed by atoms with van der Waals surface area (Å²) in [6.45, 7) is 0.330. The van der Waals surface area contributed by atoms with Crippen LogP contribution < -0.4 is 16.6 Å². The third-order valence-corrected chi connectivity index (χ3v) is 2.96. The Morgan fingerprint density at radius 1 is 1.26 bits per heavy atom. The molecule has 0 aliphatic heterocycles. The maximum absolute atomic E-state index is 5.39. The number of nitrogen functional groups attached to an aromatic ring is 1. The molecule has 1 aromatic heterocycles. The SMILES string of the molecule is COCc1nc(NN)cc(Nc2cccc(I)c2)n1. The monoisotopic (exact) mass is 371 g/mol. The van der Waals surface area contributed by atoms with Crippen molar-refractivity contribution in [2.24, 2.45) is 5.84 Å². The molecule has 0 saturated heterocycles. The Bertz CT molecular complexity index is 564. The Morgan fingerprint density at radius 2 is 2.05 bits per heavy atom. The predicted molar refractivity (Wildman–Crippen MR) is 83.0 cm³/mol. The van der Waals surface area contributed by atoms with Crippen LogP contribution in [0.25, 0.3) is 0 Å². The number of nitrogens with one attached hydrogen (secondary N) is 2. The molecule has 0 bridgehead atoms. The van der Waals surface area contributed by atoms with E-state index in [4.69, 9.17) is 10.6 Å². The van der Waals surface area contributed by atoms with E-state index in [0.29, 0.717) is 24.1 Å². The van der Waals surface area contributed by atoms with E-state index in [-0.39, 0.29) is 0 Å². The van der Waals surface area contributed by atoms with Gasteiger partial charge in [-0.3, -0.25) is 0 Å². The summed E-state index contributed by atoms with van der Waals surface area (Å²) in [5.74, 6) is 7.15. The normalized spacial score (nSPS) is 10.3. The van der Waals surface area contributed by atoms with E-state index in [1.165, 1.54) is 0 Å². The molecule has 0 aliphatic carbocycles. The first kappa shape index (κ1) is 14.0. The molecule has 0 aliphatic rings. The summed E-state index contributed by atoms with van der Waals surface area (Å²) in [7, 11) is 1.60. The molecule has 0 fully saturated rings. The average Bonchev–Trinajstić information content (AvgIpc) is 2.39. The van der Waals surface area contributed by atoms with Gasteiger partial charge in [-0.2, -0.15) is 0 Å². The van der Waals surface area contributed by atoms with Crippen molar-refractivity contribution in [1.29, 1.82) is 0 Å². The van der Waals surface area contributed by atoms with Crippen molar-refractivity contribution in [3.05, 3.63) is 39.7 Å². The third-order valence-electron chi connectivity index (χ3n) is 2.29. The van der Waals surface area contributed by atoms with Crippen LogP contribution in [-0.4, -0.2) is 17.1 Å². The lowest BCUT2D eigenvalue weighted by Gasteiger charge is -2.09. The predicted octanol–water partition coefficient (Wildman–Crippen LogP) is 2.26. The lowest BCUT2D eigenvalue weighted by atomic mass is 10.3. The summed E-state index contributed by atoms with van der Waals surface area (Å²) in [4.78, 5) is 8.54. The number of anilines is 3. The van der Waals surface area contributed by atoms with E-state index in [9.17, 15) is 0 Å². The number of hydrogen-bond donors (Lipinski definition) is 3. The van der Waals surface area contributed by atoms with Crippen LogP contribution in [-0.2, 0) is 11.3 Å². The summed E-state index contributed by atoms with van der Waals surface area (Å²) in [6, 6.07) is 9.72. The molecule has 0 unspecified atom stereocenters. The Morgan fingerprint density at radius 3 is 2.74 bits per heavy atom. The Labute approximate surface area is 124 Å². The first-order chi connectivity index (χ1) is 9.21. The molecule has 4 N–H and O–H groups in total. The highest BCUT2D eigenvalue weighted by molar-refractivity contribution is 14.1. The van der Waals surface area contributed by atoms with Gasteiger partial charge in [-0.1, -0.05) is 6.07 Å². The maximum Gasteiger partial charge on any atom is 0.158 e. The van der Waals surface area contributed by atoms with Gasteiger partial charge in [0.15, 0.2) is 5.82 Å². The minimum Gasteiger partial charge on any atom is -0.377 e. The average molecular weight is 371 g/mol. The number of benzene rings is 1. The fourth-order valence-corrected chi connectivity index (χ4v) is 2.09. The van der Waals surface area contributed by atoms with Crippen molar-refractivity contribution in [3.63, 3.8) is 0 Å². The van der Waals surface area contributed by atoms with Gasteiger partial charge in [0.1, 0.15) is 18.2 Å². The molecule has 0 atom stereocenters. The molecule has 100 valence electrons. The number of ether oxygens (including phenoxy) is 1. The van der Waals surface area contributed by atoms with Crippen LogP contribution in [0.2, 0.25) is 0 Å². The van der Waals surface area contributed by atoms with Gasteiger partial charge in [-0.25, -0.2) is 15.8 Å². The molecular weight excluding hydrogens is 357 g/mol. The molecule has 2 rings (SSSR count). The molecule has 19 heavy (non-hydrogen) atoms. The van der Waals surface area contributed by atoms with Crippen LogP contribution in [0, 0.1) is 3.57 Å². The highest BCUT2D eigenvalue weighted by atomic mass is 127. The van der Waals surface area contributed by atoms with Crippen molar-refractivity contribution in [2.75, 3.05) is 17.9 Å². The smallest absolute Gasteiger partial charge is 0.158 e. The van der Waals surface area contributed by atoms with E-state index in [2.05, 4.69) is 43.3 Å². The first-order valence-electron chi connectivity index (χ1n) is 5.57. The fourth-order valence-electron chi connectivity index (χ4n) is 1.54. The lowest BCUT2D eigenvalue weighted by molar-refractivity contribution is 0.178. The maximum atomic E-state index is 5.39. The summed E-state index contributed by atoms with van der Waals surface area (Å²) in [5.41, 5.74) is 3.47. The second-order valence-electron chi connectivity index (χ2n) is 3.77. The first-order valence-corrected chi connectivity index (χ1v) is 6.65. The number of halogens is 1. The van der Waals surface area contributed by atoms with Crippen LogP contribution in [0.15, 0.2) is 30.3 Å². The number of rotatable bonds is 5. The van der Waals surface area contributed by atoms with Gasteiger partial charge in [-0.15, -0.1) is 0 Å². The van der Waals surface area contributed by atoms with Crippen molar-refractivity contribution in [1.82, 2.24) is 9.97 Å². The summed E-state index contributed by atoms with van der Waals surface area (Å²) < 4.78 is 6.17. The Hall–Kier alpha value is -1.45. The minimum atomic E-state index is 0.330. The van der Waals surface area contributed by atoms with Gasteiger partial charge in [0.2, 0.25) is 0 Å². The van der Waals surface area contributed by atoms with Gasteiger partial charge in [-0.05, 0) is 40.8 Å². The molecule has 0 radical (unpaired) electrons. The molecule has 0 amide bonds. The second kappa shape index (κ2) is 6.64. The van der Waals surface area contributed by atoms with Gasteiger partial charge >= 0.3 is 0 Å². The van der Waals surface area contributed by atoms with Crippen LogP contribution in [0.3, 0.4) is 0 Å². The number of nitrogens with zero attached hydrogens (tertiary/aromatic N) is 2. The summed E-state index contributed by atoms with van der Waals surface area (Å²) >= 11 is 2.26. The molecule has 1 heterocycles. The lowest BCUT2D eigenvalue weighted by Crippen LogP contribution is -2.11. The number of hydrazine groups is 1. The Balaban J connectivity index is 2.26. The van der Waals surface area contributed by atoms with E-state index < -0.39 is 0 Å². The van der Waals surface area contributed by atoms with E-state index >= 15 is 0 Å². The zero-order chi connectivity index (χ0) is 13.7. The zero-order valence-electron chi connectivity index (χ0n) is 10.4. The van der Waals surface area contributed by atoms with Crippen LogP contribution in [0.5, 0.6) is 0 Å². The quantitative estimate of drug-likeness (QED) is 0.425. The number of methoxy groups -OCH3 is 1. The largest absolute Gasteiger partial charge is 0.377 e. The van der Waals surface area contributed by atoms with E-state index in [1.54, 1.807) is 13.2 Å². The van der Waals surface area contributed by atoms with Gasteiger partial charge in [0.05, 0.1) is 0 Å². The minimum absolute atomic E-state index is 0.330. The molecular formula is C12H14IN5O. The van der Waals surface area contributed by atoms with Gasteiger partial charge in [0.25, 0.3) is 0 Å². The summed E-state index contributed by atoms with van der Waals surface area (Å²) in [5, 5.41) is 3.21. The van der Waals surface area contributed by atoms with Crippen LogP contribution in [0.1, 0.15) is 5.82 Å². The zero-order valence-corrected chi connectivity index (χ0v) is 12.5. The molecule has 7 heteroatoms. The van der Waals surface area contributed by atoms with Crippen molar-refractivity contribution < 1.29 is 4.74 Å². The number of hydrogen-bond acceptors (Lipinski definition) is 6. The molecule has 2 aromatic rings.